The number of para-hydroxylation sites is 1. The third-order valence-electron chi connectivity index (χ3n) is 3.33. The highest BCUT2D eigenvalue weighted by Gasteiger charge is 2.08. The summed E-state index contributed by atoms with van der Waals surface area (Å²) >= 11 is 0. The molecule has 0 aliphatic rings. The molecule has 0 aliphatic carbocycles. The number of carbonyl (C=O) groups is 2. The van der Waals surface area contributed by atoms with Crippen LogP contribution >= 0.6 is 0 Å². The van der Waals surface area contributed by atoms with Crippen molar-refractivity contribution in [3.63, 3.8) is 0 Å². The first-order valence-electron chi connectivity index (χ1n) is 8.04. The second-order valence-electron chi connectivity index (χ2n) is 5.33. The summed E-state index contributed by atoms with van der Waals surface area (Å²) in [6.45, 7) is 1.03. The highest BCUT2D eigenvalue weighted by molar-refractivity contribution is 5.97. The average molecular weight is 342 g/mol. The summed E-state index contributed by atoms with van der Waals surface area (Å²) in [7, 11) is 1.62. The van der Waals surface area contributed by atoms with E-state index in [-0.39, 0.29) is 18.4 Å². The van der Waals surface area contributed by atoms with Crippen molar-refractivity contribution in [2.75, 3.05) is 32.2 Å². The maximum Gasteiger partial charge on any atom is 0.262 e. The number of benzene rings is 2. The van der Waals surface area contributed by atoms with Crippen molar-refractivity contribution in [1.29, 1.82) is 0 Å². The van der Waals surface area contributed by atoms with Crippen molar-refractivity contribution in [2.45, 2.75) is 6.42 Å². The van der Waals surface area contributed by atoms with Crippen LogP contribution < -0.4 is 15.4 Å². The Morgan fingerprint density at radius 3 is 2.60 bits per heavy atom. The van der Waals surface area contributed by atoms with E-state index in [0.717, 1.165) is 6.42 Å². The Balaban J connectivity index is 1.83. The monoisotopic (exact) mass is 342 g/mol. The van der Waals surface area contributed by atoms with Crippen LogP contribution in [0.2, 0.25) is 0 Å². The number of methoxy groups -OCH3 is 1. The highest BCUT2D eigenvalue weighted by Crippen LogP contribution is 2.12. The molecule has 2 rings (SSSR count). The van der Waals surface area contributed by atoms with Gasteiger partial charge >= 0.3 is 0 Å². The largest absolute Gasteiger partial charge is 0.484 e. The molecule has 0 radical (unpaired) electrons. The molecular weight excluding hydrogens is 320 g/mol. The molecule has 0 saturated heterocycles. The number of carbonyl (C=O) groups excluding carboxylic acids is 2. The minimum absolute atomic E-state index is 0.0997. The summed E-state index contributed by atoms with van der Waals surface area (Å²) < 4.78 is 10.3. The number of amides is 2. The van der Waals surface area contributed by atoms with Gasteiger partial charge in [-0.1, -0.05) is 24.3 Å². The molecule has 2 amide bonds. The first-order chi connectivity index (χ1) is 12.2. The zero-order chi connectivity index (χ0) is 17.9. The van der Waals surface area contributed by atoms with E-state index in [1.54, 1.807) is 43.5 Å². The first-order valence-corrected chi connectivity index (χ1v) is 8.04. The van der Waals surface area contributed by atoms with Gasteiger partial charge in [-0.15, -0.1) is 0 Å². The highest BCUT2D eigenvalue weighted by atomic mass is 16.5. The average Bonchev–Trinajstić information content (AvgIpc) is 2.64. The lowest BCUT2D eigenvalue weighted by Gasteiger charge is -2.09. The van der Waals surface area contributed by atoms with Crippen LogP contribution in [0.5, 0.6) is 5.75 Å². The predicted octanol–water partition coefficient (Wildman–Crippen LogP) is 2.47. The smallest absolute Gasteiger partial charge is 0.262 e. The Bertz CT molecular complexity index is 689. The number of ether oxygens (including phenoxy) is 2. The van der Waals surface area contributed by atoms with E-state index in [1.165, 1.54) is 0 Å². The van der Waals surface area contributed by atoms with Gasteiger partial charge in [0, 0.05) is 31.5 Å². The molecule has 2 aromatic rings. The summed E-state index contributed by atoms with van der Waals surface area (Å²) in [5, 5.41) is 5.52. The van der Waals surface area contributed by atoms with Gasteiger partial charge in [0.15, 0.2) is 6.61 Å². The number of hydrogen-bond acceptors (Lipinski definition) is 4. The van der Waals surface area contributed by atoms with Crippen molar-refractivity contribution in [3.05, 3.63) is 60.2 Å². The molecule has 0 unspecified atom stereocenters. The summed E-state index contributed by atoms with van der Waals surface area (Å²) in [5.41, 5.74) is 1.03. The van der Waals surface area contributed by atoms with Crippen LogP contribution in [0.1, 0.15) is 16.8 Å². The lowest BCUT2D eigenvalue weighted by atomic mass is 10.2. The molecule has 132 valence electrons. The molecule has 0 aromatic heterocycles. The van der Waals surface area contributed by atoms with Gasteiger partial charge in [0.25, 0.3) is 11.8 Å². The fourth-order valence-corrected chi connectivity index (χ4v) is 2.12. The third-order valence-corrected chi connectivity index (χ3v) is 3.33. The van der Waals surface area contributed by atoms with Crippen molar-refractivity contribution < 1.29 is 19.1 Å². The molecule has 2 aromatic carbocycles. The van der Waals surface area contributed by atoms with Gasteiger partial charge in [-0.2, -0.15) is 0 Å². The predicted molar refractivity (Wildman–Crippen MR) is 95.8 cm³/mol. The van der Waals surface area contributed by atoms with Gasteiger partial charge < -0.3 is 20.1 Å². The Morgan fingerprint density at radius 1 is 1.04 bits per heavy atom. The van der Waals surface area contributed by atoms with Crippen LogP contribution in [0.4, 0.5) is 5.69 Å². The van der Waals surface area contributed by atoms with Crippen LogP contribution in [0.25, 0.3) is 0 Å². The van der Waals surface area contributed by atoms with Crippen LogP contribution in [-0.4, -0.2) is 38.7 Å². The molecular formula is C19H22N2O4. The summed E-state index contributed by atoms with van der Waals surface area (Å²) in [6, 6.07) is 15.9. The zero-order valence-electron chi connectivity index (χ0n) is 14.2. The van der Waals surface area contributed by atoms with Crippen LogP contribution in [0, 0.1) is 0 Å². The second-order valence-corrected chi connectivity index (χ2v) is 5.33. The third kappa shape index (κ3) is 6.64. The molecule has 0 bridgehead atoms. The maximum atomic E-state index is 12.1. The van der Waals surface area contributed by atoms with Gasteiger partial charge in [-0.25, -0.2) is 0 Å². The van der Waals surface area contributed by atoms with Crippen LogP contribution in [0.3, 0.4) is 0 Å². The van der Waals surface area contributed by atoms with Crippen molar-refractivity contribution in [1.82, 2.24) is 5.32 Å². The van der Waals surface area contributed by atoms with E-state index in [4.69, 9.17) is 9.47 Å². The van der Waals surface area contributed by atoms with E-state index in [0.29, 0.717) is 30.2 Å². The normalized spacial score (nSPS) is 10.1. The second kappa shape index (κ2) is 10.1. The van der Waals surface area contributed by atoms with Crippen LogP contribution in [-0.2, 0) is 9.53 Å². The Morgan fingerprint density at radius 2 is 1.84 bits per heavy atom. The molecule has 2 N–H and O–H groups in total. The standard InChI is InChI=1S/C19H22N2O4/c1-24-12-6-11-20-19(23)15-7-5-8-16(13-15)21-18(22)14-25-17-9-3-2-4-10-17/h2-5,7-10,13H,6,11-12,14H2,1H3,(H,20,23)(H,21,22). The lowest BCUT2D eigenvalue weighted by molar-refractivity contribution is -0.118. The Labute approximate surface area is 147 Å². The molecule has 0 aliphatic heterocycles. The van der Waals surface area contributed by atoms with Crippen molar-refractivity contribution in [3.8, 4) is 5.75 Å². The first kappa shape index (κ1) is 18.5. The van der Waals surface area contributed by atoms with E-state index in [1.807, 2.05) is 18.2 Å². The SMILES string of the molecule is COCCCNC(=O)c1cccc(NC(=O)COc2ccccc2)c1. The molecule has 6 nitrogen and oxygen atoms in total. The number of anilines is 1. The summed E-state index contributed by atoms with van der Waals surface area (Å²) in [4.78, 5) is 24.0. The van der Waals surface area contributed by atoms with Gasteiger partial charge in [0.05, 0.1) is 0 Å². The number of hydrogen-bond donors (Lipinski definition) is 2. The molecule has 25 heavy (non-hydrogen) atoms. The van der Waals surface area contributed by atoms with Crippen LogP contribution in [0.15, 0.2) is 54.6 Å². The Hall–Kier alpha value is -2.86. The fraction of sp³-hybridized carbons (Fsp3) is 0.263. The molecule has 0 atom stereocenters. The van der Waals surface area contributed by atoms with Gasteiger partial charge in [-0.3, -0.25) is 9.59 Å². The molecule has 0 heterocycles. The maximum absolute atomic E-state index is 12.1. The van der Waals surface area contributed by atoms with Gasteiger partial charge in [0.2, 0.25) is 0 Å². The minimum atomic E-state index is -0.290. The van der Waals surface area contributed by atoms with E-state index in [9.17, 15) is 9.59 Å². The van der Waals surface area contributed by atoms with Crippen molar-refractivity contribution in [2.24, 2.45) is 0 Å². The van der Waals surface area contributed by atoms with Gasteiger partial charge in [0.1, 0.15) is 5.75 Å². The van der Waals surface area contributed by atoms with E-state index in [2.05, 4.69) is 10.6 Å². The quantitative estimate of drug-likeness (QED) is 0.687. The Kier molecular flexibility index (Phi) is 7.46. The number of nitrogens with one attached hydrogen (secondary N) is 2. The summed E-state index contributed by atoms with van der Waals surface area (Å²) in [6.07, 6.45) is 0.746. The minimum Gasteiger partial charge on any atom is -0.484 e. The summed E-state index contributed by atoms with van der Waals surface area (Å²) in [5.74, 6) is 0.149. The molecule has 0 spiro atoms. The molecule has 0 saturated carbocycles. The topological polar surface area (TPSA) is 76.7 Å². The molecule has 0 fully saturated rings. The lowest BCUT2D eigenvalue weighted by Crippen LogP contribution is -2.25. The van der Waals surface area contributed by atoms with E-state index < -0.39 is 0 Å². The number of rotatable bonds is 9. The zero-order valence-corrected chi connectivity index (χ0v) is 14.2. The van der Waals surface area contributed by atoms with Gasteiger partial charge in [-0.05, 0) is 36.8 Å². The fourth-order valence-electron chi connectivity index (χ4n) is 2.12. The molecule has 6 heteroatoms. The van der Waals surface area contributed by atoms with E-state index >= 15 is 0 Å². The van der Waals surface area contributed by atoms with Crippen molar-refractivity contribution >= 4 is 17.5 Å².